The van der Waals surface area contributed by atoms with Crippen molar-refractivity contribution >= 4 is 23.9 Å². The summed E-state index contributed by atoms with van der Waals surface area (Å²) >= 11 is 0. The van der Waals surface area contributed by atoms with Crippen LogP contribution in [0.5, 0.6) is 0 Å². The van der Waals surface area contributed by atoms with E-state index < -0.39 is 37.1 Å². The van der Waals surface area contributed by atoms with Crippen molar-refractivity contribution in [3.63, 3.8) is 0 Å². The molecule has 8 heteroatoms. The zero-order valence-electron chi connectivity index (χ0n) is 11.0. The van der Waals surface area contributed by atoms with Gasteiger partial charge in [0.05, 0.1) is 0 Å². The van der Waals surface area contributed by atoms with Gasteiger partial charge >= 0.3 is 23.9 Å². The lowest BCUT2D eigenvalue weighted by atomic mass is 10.1. The van der Waals surface area contributed by atoms with Gasteiger partial charge in [-0.1, -0.05) is 12.8 Å². The lowest BCUT2D eigenvalue weighted by Gasteiger charge is -2.03. The first-order chi connectivity index (χ1) is 9.41. The lowest BCUT2D eigenvalue weighted by molar-refractivity contribution is -0.155. The van der Waals surface area contributed by atoms with Gasteiger partial charge in [-0.3, -0.25) is 9.59 Å². The maximum absolute atomic E-state index is 11.0. The van der Waals surface area contributed by atoms with Crippen LogP contribution in [-0.2, 0) is 28.7 Å². The van der Waals surface area contributed by atoms with Gasteiger partial charge in [0.1, 0.15) is 0 Å². The van der Waals surface area contributed by atoms with E-state index in [0.717, 1.165) is 0 Å². The fraction of sp³-hybridized carbons (Fsp3) is 0.667. The van der Waals surface area contributed by atoms with Crippen molar-refractivity contribution < 1.29 is 38.9 Å². The predicted molar refractivity (Wildman–Crippen MR) is 64.9 cm³/mol. The SMILES string of the molecule is O=C(O)COC(=O)CCCCCCC(=O)OCC(=O)O. The van der Waals surface area contributed by atoms with Crippen LogP contribution in [0.1, 0.15) is 38.5 Å². The molecule has 0 fully saturated rings. The zero-order chi connectivity index (χ0) is 15.4. The molecule has 0 unspecified atom stereocenters. The highest BCUT2D eigenvalue weighted by molar-refractivity contribution is 5.75. The highest BCUT2D eigenvalue weighted by Crippen LogP contribution is 2.07. The quantitative estimate of drug-likeness (QED) is 0.418. The van der Waals surface area contributed by atoms with Crippen LogP contribution in [0.2, 0.25) is 0 Å². The Labute approximate surface area is 115 Å². The van der Waals surface area contributed by atoms with Gasteiger partial charge in [0.2, 0.25) is 0 Å². The Hall–Kier alpha value is -2.12. The van der Waals surface area contributed by atoms with Crippen LogP contribution in [0.25, 0.3) is 0 Å². The molecule has 0 saturated carbocycles. The summed E-state index contributed by atoms with van der Waals surface area (Å²) in [4.78, 5) is 42.3. The number of hydrogen-bond acceptors (Lipinski definition) is 6. The van der Waals surface area contributed by atoms with Crippen LogP contribution in [0.4, 0.5) is 0 Å². The highest BCUT2D eigenvalue weighted by atomic mass is 16.6. The van der Waals surface area contributed by atoms with E-state index in [4.69, 9.17) is 10.2 Å². The Balaban J connectivity index is 3.39. The molecule has 0 heterocycles. The van der Waals surface area contributed by atoms with Crippen molar-refractivity contribution in [2.75, 3.05) is 13.2 Å². The number of rotatable bonds is 11. The Kier molecular flexibility index (Phi) is 9.63. The van der Waals surface area contributed by atoms with Gasteiger partial charge in [-0.05, 0) is 12.8 Å². The molecule has 20 heavy (non-hydrogen) atoms. The smallest absolute Gasteiger partial charge is 0.341 e. The van der Waals surface area contributed by atoms with E-state index >= 15 is 0 Å². The third-order valence-corrected chi connectivity index (χ3v) is 2.23. The molecule has 0 aromatic heterocycles. The van der Waals surface area contributed by atoms with Crippen LogP contribution in [-0.4, -0.2) is 47.3 Å². The summed E-state index contributed by atoms with van der Waals surface area (Å²) in [5.74, 6) is -3.52. The molecule has 0 radical (unpaired) electrons. The van der Waals surface area contributed by atoms with E-state index in [2.05, 4.69) is 9.47 Å². The molecule has 2 N–H and O–H groups in total. The second kappa shape index (κ2) is 10.8. The predicted octanol–water partition coefficient (Wildman–Crippen LogP) is 0.583. The molecule has 0 aliphatic heterocycles. The summed E-state index contributed by atoms with van der Waals surface area (Å²) in [6.07, 6.45) is 2.74. The summed E-state index contributed by atoms with van der Waals surface area (Å²) in [5, 5.41) is 16.6. The molecule has 0 spiro atoms. The summed E-state index contributed by atoms with van der Waals surface area (Å²) in [5.41, 5.74) is 0. The monoisotopic (exact) mass is 290 g/mol. The molecule has 0 rings (SSSR count). The maximum Gasteiger partial charge on any atom is 0.341 e. The second-order valence-electron chi connectivity index (χ2n) is 4.02. The Morgan fingerprint density at radius 3 is 1.30 bits per heavy atom. The van der Waals surface area contributed by atoms with Gasteiger partial charge in [0.25, 0.3) is 0 Å². The molecule has 0 aliphatic carbocycles. The number of unbranched alkanes of at least 4 members (excludes halogenated alkanes) is 3. The third-order valence-electron chi connectivity index (χ3n) is 2.23. The van der Waals surface area contributed by atoms with Crippen molar-refractivity contribution in [2.24, 2.45) is 0 Å². The van der Waals surface area contributed by atoms with Crippen molar-refractivity contribution in [2.45, 2.75) is 38.5 Å². The minimum absolute atomic E-state index is 0.136. The topological polar surface area (TPSA) is 127 Å². The lowest BCUT2D eigenvalue weighted by Crippen LogP contribution is -2.13. The van der Waals surface area contributed by atoms with Gasteiger partial charge in [0, 0.05) is 12.8 Å². The minimum Gasteiger partial charge on any atom is -0.479 e. The number of carbonyl (C=O) groups is 4. The van der Waals surface area contributed by atoms with E-state index in [1.54, 1.807) is 0 Å². The van der Waals surface area contributed by atoms with Crippen LogP contribution in [0, 0.1) is 0 Å². The van der Waals surface area contributed by atoms with Gasteiger partial charge < -0.3 is 19.7 Å². The molecule has 0 amide bonds. The number of esters is 2. The third kappa shape index (κ3) is 12.3. The minimum atomic E-state index is -1.20. The van der Waals surface area contributed by atoms with Gasteiger partial charge in [-0.2, -0.15) is 0 Å². The van der Waals surface area contributed by atoms with Crippen molar-refractivity contribution in [3.8, 4) is 0 Å². The largest absolute Gasteiger partial charge is 0.479 e. The first kappa shape index (κ1) is 17.9. The van der Waals surface area contributed by atoms with Crippen LogP contribution >= 0.6 is 0 Å². The summed E-state index contributed by atoms with van der Waals surface area (Å²) in [6.45, 7) is -1.26. The highest BCUT2D eigenvalue weighted by Gasteiger charge is 2.07. The van der Waals surface area contributed by atoms with Crippen LogP contribution in [0.3, 0.4) is 0 Å². The summed E-state index contributed by atoms with van der Waals surface area (Å²) in [6, 6.07) is 0. The molecule has 0 atom stereocenters. The molecular weight excluding hydrogens is 272 g/mol. The molecule has 0 aromatic rings. The Bertz CT molecular complexity index is 315. The standard InChI is InChI=1S/C12H18O8/c13-9(14)7-19-11(17)5-3-1-2-4-6-12(18)20-8-10(15)16/h1-8H2,(H,13,14)(H,15,16). The van der Waals surface area contributed by atoms with Crippen LogP contribution < -0.4 is 0 Å². The van der Waals surface area contributed by atoms with Gasteiger partial charge in [-0.25, -0.2) is 9.59 Å². The normalized spacial score (nSPS) is 9.80. The van der Waals surface area contributed by atoms with Gasteiger partial charge in [-0.15, -0.1) is 0 Å². The molecule has 0 bridgehead atoms. The Morgan fingerprint density at radius 1 is 0.650 bits per heavy atom. The van der Waals surface area contributed by atoms with E-state index in [9.17, 15) is 19.2 Å². The number of hydrogen-bond donors (Lipinski definition) is 2. The van der Waals surface area contributed by atoms with Crippen LogP contribution in [0.15, 0.2) is 0 Å². The number of carboxylic acid groups (broad SMARTS) is 2. The number of carboxylic acids is 2. The fourth-order valence-corrected chi connectivity index (χ4v) is 1.32. The van der Waals surface area contributed by atoms with Crippen molar-refractivity contribution in [3.05, 3.63) is 0 Å². The van der Waals surface area contributed by atoms with E-state index in [1.165, 1.54) is 0 Å². The fourth-order valence-electron chi connectivity index (χ4n) is 1.32. The molecule has 8 nitrogen and oxygen atoms in total. The van der Waals surface area contributed by atoms with Crippen molar-refractivity contribution in [1.29, 1.82) is 0 Å². The number of ether oxygens (including phenoxy) is 2. The van der Waals surface area contributed by atoms with E-state index in [-0.39, 0.29) is 12.8 Å². The average Bonchev–Trinajstić information content (AvgIpc) is 2.37. The van der Waals surface area contributed by atoms with Crippen molar-refractivity contribution in [1.82, 2.24) is 0 Å². The first-order valence-electron chi connectivity index (χ1n) is 6.16. The van der Waals surface area contributed by atoms with Gasteiger partial charge in [0.15, 0.2) is 13.2 Å². The molecule has 0 saturated heterocycles. The summed E-state index contributed by atoms with van der Waals surface area (Å²) in [7, 11) is 0. The molecular formula is C12H18O8. The first-order valence-corrected chi connectivity index (χ1v) is 6.16. The van der Waals surface area contributed by atoms with E-state index in [1.807, 2.05) is 0 Å². The Morgan fingerprint density at radius 2 is 1.00 bits per heavy atom. The zero-order valence-corrected chi connectivity index (χ0v) is 11.0. The number of aliphatic carboxylic acids is 2. The number of carbonyl (C=O) groups excluding carboxylic acids is 2. The molecule has 0 aliphatic rings. The average molecular weight is 290 g/mol. The molecule has 0 aromatic carbocycles. The maximum atomic E-state index is 11.0. The second-order valence-corrected chi connectivity index (χ2v) is 4.02. The van der Waals surface area contributed by atoms with E-state index in [0.29, 0.717) is 25.7 Å². The molecule has 114 valence electrons. The summed E-state index contributed by atoms with van der Waals surface area (Å²) < 4.78 is 8.87.